The molecule has 30 heavy (non-hydrogen) atoms. The number of hydrogen-bond acceptors (Lipinski definition) is 3. The van der Waals surface area contributed by atoms with Crippen LogP contribution < -0.4 is 10.1 Å². The number of ether oxygens (including phenoxy) is 1. The Morgan fingerprint density at radius 2 is 1.93 bits per heavy atom. The number of amides is 1. The van der Waals surface area contributed by atoms with Crippen molar-refractivity contribution in [3.63, 3.8) is 0 Å². The summed E-state index contributed by atoms with van der Waals surface area (Å²) < 4.78 is 8.48. The van der Waals surface area contributed by atoms with Crippen LogP contribution in [0.25, 0.3) is 11.8 Å². The quantitative estimate of drug-likeness (QED) is 0.370. The number of halogens is 1. The minimum Gasteiger partial charge on any atom is -0.494 e. The first-order valence-corrected chi connectivity index (χ1v) is 10.3. The number of aromatic nitrogens is 1. The second kappa shape index (κ2) is 9.47. The first kappa shape index (κ1) is 21.4. The summed E-state index contributed by atoms with van der Waals surface area (Å²) in [6.45, 7) is 6.45. The Morgan fingerprint density at radius 1 is 1.20 bits per heavy atom. The van der Waals surface area contributed by atoms with Crippen molar-refractivity contribution in [3.8, 4) is 17.5 Å². The Kier molecular flexibility index (Phi) is 6.76. The average Bonchev–Trinajstić information content (AvgIpc) is 3.00. The highest BCUT2D eigenvalue weighted by Crippen LogP contribution is 2.25. The van der Waals surface area contributed by atoms with Crippen LogP contribution in [0.3, 0.4) is 0 Å². The van der Waals surface area contributed by atoms with E-state index in [1.54, 1.807) is 30.3 Å². The average molecular weight is 464 g/mol. The van der Waals surface area contributed by atoms with Crippen LogP contribution in [0.15, 0.2) is 64.6 Å². The standard InChI is InChI=1S/C24H22BrN3O2/c1-4-30-23-10-8-21(9-11-23)27-24(29)19(15-26)13-18-12-16(2)28(17(18)3)22-7-5-6-20(25)14-22/h5-14H,4H2,1-3H3,(H,27,29)/b19-13-. The van der Waals surface area contributed by atoms with Gasteiger partial charge in [0.25, 0.3) is 5.91 Å². The van der Waals surface area contributed by atoms with Crippen LogP contribution >= 0.6 is 15.9 Å². The molecule has 0 atom stereocenters. The van der Waals surface area contributed by atoms with E-state index in [1.165, 1.54) is 0 Å². The molecule has 0 spiro atoms. The smallest absolute Gasteiger partial charge is 0.266 e. The Balaban J connectivity index is 1.86. The normalized spacial score (nSPS) is 11.1. The fourth-order valence-electron chi connectivity index (χ4n) is 3.25. The first-order chi connectivity index (χ1) is 14.4. The zero-order chi connectivity index (χ0) is 21.7. The largest absolute Gasteiger partial charge is 0.494 e. The van der Waals surface area contributed by atoms with Gasteiger partial charge in [-0.1, -0.05) is 22.0 Å². The summed E-state index contributed by atoms with van der Waals surface area (Å²) in [4.78, 5) is 12.6. The van der Waals surface area contributed by atoms with E-state index in [4.69, 9.17) is 4.74 Å². The molecule has 3 rings (SSSR count). The number of benzene rings is 2. The number of nitrogens with zero attached hydrogens (tertiary/aromatic N) is 2. The van der Waals surface area contributed by atoms with Crippen molar-refractivity contribution >= 4 is 33.6 Å². The summed E-state index contributed by atoms with van der Waals surface area (Å²) in [7, 11) is 0. The summed E-state index contributed by atoms with van der Waals surface area (Å²) in [6.07, 6.45) is 1.63. The lowest BCUT2D eigenvalue weighted by Gasteiger charge is -2.10. The zero-order valence-electron chi connectivity index (χ0n) is 17.1. The summed E-state index contributed by atoms with van der Waals surface area (Å²) in [5.41, 5.74) is 4.44. The fraction of sp³-hybridized carbons (Fsp3) is 0.167. The third-order valence-electron chi connectivity index (χ3n) is 4.62. The molecule has 1 amide bonds. The predicted molar refractivity (Wildman–Crippen MR) is 123 cm³/mol. The topological polar surface area (TPSA) is 67.0 Å². The summed E-state index contributed by atoms with van der Waals surface area (Å²) in [5, 5.41) is 12.3. The van der Waals surface area contributed by atoms with Crippen LogP contribution in [0, 0.1) is 25.2 Å². The molecule has 2 aromatic carbocycles. The van der Waals surface area contributed by atoms with E-state index < -0.39 is 5.91 Å². The molecular weight excluding hydrogens is 442 g/mol. The highest BCUT2D eigenvalue weighted by Gasteiger charge is 2.14. The second-order valence-corrected chi connectivity index (χ2v) is 7.64. The van der Waals surface area contributed by atoms with Gasteiger partial charge in [0.2, 0.25) is 0 Å². The molecule has 0 aliphatic heterocycles. The zero-order valence-corrected chi connectivity index (χ0v) is 18.7. The van der Waals surface area contributed by atoms with Crippen LogP contribution in [-0.4, -0.2) is 17.1 Å². The Labute approximate surface area is 184 Å². The highest BCUT2D eigenvalue weighted by molar-refractivity contribution is 9.10. The Bertz CT molecular complexity index is 1140. The summed E-state index contributed by atoms with van der Waals surface area (Å²) in [6, 6.07) is 19.0. The van der Waals surface area contributed by atoms with Crippen LogP contribution in [0.4, 0.5) is 5.69 Å². The van der Waals surface area contributed by atoms with Crippen molar-refractivity contribution in [2.45, 2.75) is 20.8 Å². The number of carbonyl (C=O) groups is 1. The van der Waals surface area contributed by atoms with Crippen LogP contribution in [-0.2, 0) is 4.79 Å². The molecule has 3 aromatic rings. The van der Waals surface area contributed by atoms with Gasteiger partial charge in [0, 0.05) is 27.2 Å². The maximum absolute atomic E-state index is 12.6. The van der Waals surface area contributed by atoms with Gasteiger partial charge in [-0.25, -0.2) is 0 Å². The van der Waals surface area contributed by atoms with E-state index in [0.29, 0.717) is 12.3 Å². The maximum atomic E-state index is 12.6. The molecule has 1 aromatic heterocycles. The van der Waals surface area contributed by atoms with Gasteiger partial charge in [0.1, 0.15) is 17.4 Å². The van der Waals surface area contributed by atoms with E-state index in [-0.39, 0.29) is 5.57 Å². The molecule has 1 heterocycles. The molecule has 6 heteroatoms. The number of nitriles is 1. The van der Waals surface area contributed by atoms with Crippen LogP contribution in [0.5, 0.6) is 5.75 Å². The van der Waals surface area contributed by atoms with Crippen molar-refractivity contribution in [1.82, 2.24) is 4.57 Å². The van der Waals surface area contributed by atoms with E-state index in [1.807, 2.05) is 57.2 Å². The van der Waals surface area contributed by atoms with E-state index in [2.05, 4.69) is 25.8 Å². The van der Waals surface area contributed by atoms with Gasteiger partial charge < -0.3 is 14.6 Å². The Hall–Kier alpha value is -3.30. The lowest BCUT2D eigenvalue weighted by molar-refractivity contribution is -0.112. The molecule has 0 radical (unpaired) electrons. The van der Waals surface area contributed by atoms with Crippen molar-refractivity contribution in [1.29, 1.82) is 5.26 Å². The van der Waals surface area contributed by atoms with Crippen LogP contribution in [0.1, 0.15) is 23.9 Å². The molecule has 0 aliphatic carbocycles. The van der Waals surface area contributed by atoms with Gasteiger partial charge in [-0.05, 0) is 80.9 Å². The van der Waals surface area contributed by atoms with Gasteiger partial charge in [-0.3, -0.25) is 4.79 Å². The molecule has 0 saturated carbocycles. The van der Waals surface area contributed by atoms with Gasteiger partial charge >= 0.3 is 0 Å². The number of hydrogen-bond donors (Lipinski definition) is 1. The minimum atomic E-state index is -0.450. The molecule has 5 nitrogen and oxygen atoms in total. The predicted octanol–water partition coefficient (Wildman–Crippen LogP) is 5.80. The number of anilines is 1. The second-order valence-electron chi connectivity index (χ2n) is 6.72. The molecule has 0 fully saturated rings. The molecular formula is C24H22BrN3O2. The number of aryl methyl sites for hydroxylation is 1. The van der Waals surface area contributed by atoms with Crippen molar-refractivity contribution in [3.05, 3.63) is 81.6 Å². The number of rotatable bonds is 6. The summed E-state index contributed by atoms with van der Waals surface area (Å²) in [5.74, 6) is 0.278. The number of nitrogens with one attached hydrogen (secondary N) is 1. The minimum absolute atomic E-state index is 0.0402. The molecule has 152 valence electrons. The maximum Gasteiger partial charge on any atom is 0.266 e. The molecule has 0 aliphatic rings. The van der Waals surface area contributed by atoms with E-state index >= 15 is 0 Å². The van der Waals surface area contributed by atoms with Gasteiger partial charge in [-0.15, -0.1) is 0 Å². The third-order valence-corrected chi connectivity index (χ3v) is 5.12. The van der Waals surface area contributed by atoms with Crippen molar-refractivity contribution in [2.75, 3.05) is 11.9 Å². The third kappa shape index (κ3) is 4.81. The van der Waals surface area contributed by atoms with Gasteiger partial charge in [-0.2, -0.15) is 5.26 Å². The summed E-state index contributed by atoms with van der Waals surface area (Å²) >= 11 is 3.50. The molecule has 0 saturated heterocycles. The lowest BCUT2D eigenvalue weighted by Crippen LogP contribution is -2.13. The van der Waals surface area contributed by atoms with Gasteiger partial charge in [0.05, 0.1) is 6.61 Å². The molecule has 0 unspecified atom stereocenters. The van der Waals surface area contributed by atoms with Crippen molar-refractivity contribution in [2.24, 2.45) is 0 Å². The lowest BCUT2D eigenvalue weighted by atomic mass is 10.1. The highest BCUT2D eigenvalue weighted by atomic mass is 79.9. The Morgan fingerprint density at radius 3 is 2.57 bits per heavy atom. The van der Waals surface area contributed by atoms with E-state index in [9.17, 15) is 10.1 Å². The number of carbonyl (C=O) groups excluding carboxylic acids is 1. The molecule has 1 N–H and O–H groups in total. The van der Waals surface area contributed by atoms with Gasteiger partial charge in [0.15, 0.2) is 0 Å². The monoisotopic (exact) mass is 463 g/mol. The molecule has 0 bridgehead atoms. The first-order valence-electron chi connectivity index (χ1n) is 9.53. The SMILES string of the molecule is CCOc1ccc(NC(=O)/C(C#N)=C\c2cc(C)n(-c3cccc(Br)c3)c2C)cc1. The van der Waals surface area contributed by atoms with Crippen LogP contribution in [0.2, 0.25) is 0 Å². The fourth-order valence-corrected chi connectivity index (χ4v) is 3.64. The van der Waals surface area contributed by atoms with Crippen molar-refractivity contribution < 1.29 is 9.53 Å². The van der Waals surface area contributed by atoms with E-state index in [0.717, 1.165) is 32.9 Å².